The molecule has 4 N–H and O–H groups in total. The largest absolute Gasteiger partial charge is 0.387 e. The Morgan fingerprint density at radius 2 is 2.19 bits per heavy atom. The van der Waals surface area contributed by atoms with Crippen molar-refractivity contribution in [3.05, 3.63) is 12.7 Å². The van der Waals surface area contributed by atoms with Crippen molar-refractivity contribution in [2.24, 2.45) is 0 Å². The molecule has 1 aliphatic heterocycles. The number of hydrogen-bond donors (Lipinski definition) is 3. The first-order valence-electron chi connectivity index (χ1n) is 6.18. The molecule has 0 bridgehead atoms. The number of nitrogen functional groups attached to an aromatic ring is 1. The van der Waals surface area contributed by atoms with E-state index in [4.69, 9.17) is 10.5 Å². The Kier molecular flexibility index (Phi) is 2.22. The van der Waals surface area contributed by atoms with Crippen LogP contribution in [0, 0.1) is 0 Å². The summed E-state index contributed by atoms with van der Waals surface area (Å²) < 4.78 is 34.0. The van der Waals surface area contributed by atoms with E-state index in [-0.39, 0.29) is 17.0 Å². The number of rotatable bonds is 2. The summed E-state index contributed by atoms with van der Waals surface area (Å²) in [5, 5.41) is 19.6. The number of nitrogens with two attached hydrogens (primary N) is 1. The van der Waals surface area contributed by atoms with Crippen LogP contribution in [-0.4, -0.2) is 59.9 Å². The van der Waals surface area contributed by atoms with E-state index in [1.54, 1.807) is 0 Å². The van der Waals surface area contributed by atoms with Crippen LogP contribution in [-0.2, 0) is 4.74 Å². The second-order valence-electron chi connectivity index (χ2n) is 5.24. The molecule has 5 unspecified atom stereocenters. The Morgan fingerprint density at radius 3 is 2.86 bits per heavy atom. The smallest absolute Gasteiger partial charge is 0.179 e. The monoisotopic (exact) mass is 299 g/mol. The average Bonchev–Trinajstić information content (AvgIpc) is 2.82. The number of aliphatic hydroxyl groups excluding tert-OH is 1. The maximum atomic E-state index is 14.5. The number of aliphatic hydroxyl groups is 2. The van der Waals surface area contributed by atoms with Crippen LogP contribution in [0.25, 0.3) is 11.2 Å². The first-order chi connectivity index (χ1) is 9.97. The summed E-state index contributed by atoms with van der Waals surface area (Å²) in [6.45, 7) is -1.20. The average molecular weight is 299 g/mol. The Morgan fingerprint density at radius 1 is 1.43 bits per heavy atom. The fourth-order valence-corrected chi connectivity index (χ4v) is 3.00. The van der Waals surface area contributed by atoms with Crippen molar-refractivity contribution in [1.82, 2.24) is 19.5 Å². The van der Waals surface area contributed by atoms with Crippen molar-refractivity contribution in [2.75, 3.05) is 12.4 Å². The van der Waals surface area contributed by atoms with Crippen molar-refractivity contribution in [2.45, 2.75) is 29.7 Å². The van der Waals surface area contributed by atoms with E-state index in [2.05, 4.69) is 15.0 Å². The summed E-state index contributed by atoms with van der Waals surface area (Å²) in [6, 6.07) is 0. The van der Waals surface area contributed by atoms with E-state index in [0.29, 0.717) is 0 Å². The number of hydrogen-bond acceptors (Lipinski definition) is 7. The number of fused-ring (bicyclic) bond motifs is 2. The molecule has 5 atom stereocenters. The Labute approximate surface area is 116 Å². The standard InChI is InChI=1S/C11H11F2N5O3/c12-1-10-9(19)11(10,20)5(13)8(21-10)18-3-17-4-6(14)15-2-16-7(4)18/h2-3,5,8-9,19-20H,1H2,(H2,14,15,16). The Balaban J connectivity index is 1.80. The number of aromatic nitrogens is 4. The van der Waals surface area contributed by atoms with Gasteiger partial charge in [0.2, 0.25) is 0 Å². The third-order valence-electron chi connectivity index (χ3n) is 4.31. The molecule has 10 heteroatoms. The number of alkyl halides is 2. The minimum atomic E-state index is -2.26. The summed E-state index contributed by atoms with van der Waals surface area (Å²) in [7, 11) is 0. The molecule has 1 saturated carbocycles. The SMILES string of the molecule is Nc1ncnc2c1ncn2C1OC2(CF)C(O)C2(O)C1F. The van der Waals surface area contributed by atoms with Crippen LogP contribution < -0.4 is 5.73 Å². The molecule has 4 rings (SSSR count). The molecule has 2 aliphatic rings. The van der Waals surface area contributed by atoms with Crippen LogP contribution in [0.5, 0.6) is 0 Å². The van der Waals surface area contributed by atoms with E-state index in [1.165, 1.54) is 17.2 Å². The van der Waals surface area contributed by atoms with Gasteiger partial charge < -0.3 is 20.7 Å². The topological polar surface area (TPSA) is 119 Å². The first-order valence-corrected chi connectivity index (χ1v) is 6.18. The van der Waals surface area contributed by atoms with E-state index < -0.39 is 36.4 Å². The molecule has 2 fully saturated rings. The van der Waals surface area contributed by atoms with Gasteiger partial charge in [0.1, 0.15) is 24.6 Å². The highest BCUT2D eigenvalue weighted by Gasteiger charge is 2.88. The zero-order chi connectivity index (χ0) is 15.0. The number of nitrogens with zero attached hydrogens (tertiary/aromatic N) is 4. The molecular formula is C11H11F2N5O3. The van der Waals surface area contributed by atoms with Gasteiger partial charge in [0.15, 0.2) is 35.1 Å². The lowest BCUT2D eigenvalue weighted by Gasteiger charge is -2.21. The van der Waals surface area contributed by atoms with Crippen LogP contribution in [0.15, 0.2) is 12.7 Å². The lowest BCUT2D eigenvalue weighted by Crippen LogP contribution is -2.33. The number of halogens is 2. The molecule has 21 heavy (non-hydrogen) atoms. The molecule has 2 aromatic heterocycles. The summed E-state index contributed by atoms with van der Waals surface area (Å²) in [5.74, 6) is 0.108. The van der Waals surface area contributed by atoms with Gasteiger partial charge in [-0.05, 0) is 0 Å². The molecule has 3 heterocycles. The number of imidazole rings is 1. The first kappa shape index (κ1) is 12.8. The maximum Gasteiger partial charge on any atom is 0.179 e. The molecule has 0 amide bonds. The highest BCUT2D eigenvalue weighted by atomic mass is 19.1. The molecule has 0 spiro atoms. The van der Waals surface area contributed by atoms with Crippen molar-refractivity contribution >= 4 is 17.0 Å². The third-order valence-corrected chi connectivity index (χ3v) is 4.31. The summed E-state index contributed by atoms with van der Waals surface area (Å²) in [6.07, 6.45) is -2.59. The van der Waals surface area contributed by atoms with Crippen LogP contribution in [0.2, 0.25) is 0 Å². The highest BCUT2D eigenvalue weighted by Crippen LogP contribution is 2.63. The van der Waals surface area contributed by atoms with Crippen LogP contribution in [0.1, 0.15) is 6.23 Å². The van der Waals surface area contributed by atoms with E-state index in [9.17, 15) is 19.0 Å². The highest BCUT2D eigenvalue weighted by molar-refractivity contribution is 5.81. The van der Waals surface area contributed by atoms with Crippen molar-refractivity contribution in [3.8, 4) is 0 Å². The third kappa shape index (κ3) is 1.21. The molecule has 1 aliphatic carbocycles. The molecule has 1 saturated heterocycles. The second-order valence-corrected chi connectivity index (χ2v) is 5.24. The van der Waals surface area contributed by atoms with Gasteiger partial charge in [0.05, 0.1) is 6.33 Å². The van der Waals surface area contributed by atoms with Gasteiger partial charge in [-0.15, -0.1) is 0 Å². The number of anilines is 1. The van der Waals surface area contributed by atoms with Crippen molar-refractivity contribution < 1.29 is 23.7 Å². The van der Waals surface area contributed by atoms with Crippen molar-refractivity contribution in [3.63, 3.8) is 0 Å². The van der Waals surface area contributed by atoms with Crippen LogP contribution >= 0.6 is 0 Å². The summed E-state index contributed by atoms with van der Waals surface area (Å²) in [5.41, 5.74) is 1.87. The molecule has 2 aromatic rings. The molecule has 112 valence electrons. The van der Waals surface area contributed by atoms with Gasteiger partial charge >= 0.3 is 0 Å². The van der Waals surface area contributed by atoms with Crippen LogP contribution in [0.3, 0.4) is 0 Å². The van der Waals surface area contributed by atoms with E-state index in [0.717, 1.165) is 0 Å². The molecular weight excluding hydrogens is 288 g/mol. The van der Waals surface area contributed by atoms with Gasteiger partial charge in [-0.3, -0.25) is 4.57 Å². The van der Waals surface area contributed by atoms with Gasteiger partial charge in [-0.25, -0.2) is 23.7 Å². The summed E-state index contributed by atoms with van der Waals surface area (Å²) in [4.78, 5) is 11.6. The molecule has 0 aromatic carbocycles. The Bertz CT molecular complexity index is 738. The quantitative estimate of drug-likeness (QED) is 0.656. The normalized spacial score (nSPS) is 41.4. The number of ether oxygens (including phenoxy) is 1. The minimum Gasteiger partial charge on any atom is -0.387 e. The lowest BCUT2D eigenvalue weighted by molar-refractivity contribution is -0.0953. The van der Waals surface area contributed by atoms with Crippen molar-refractivity contribution in [1.29, 1.82) is 0 Å². The van der Waals surface area contributed by atoms with E-state index >= 15 is 0 Å². The minimum absolute atomic E-state index is 0.108. The zero-order valence-electron chi connectivity index (χ0n) is 10.5. The fraction of sp³-hybridized carbons (Fsp3) is 0.545. The van der Waals surface area contributed by atoms with Gasteiger partial charge in [0, 0.05) is 0 Å². The molecule has 0 radical (unpaired) electrons. The fourth-order valence-electron chi connectivity index (χ4n) is 3.00. The zero-order valence-corrected chi connectivity index (χ0v) is 10.5. The lowest BCUT2D eigenvalue weighted by atomic mass is 10.1. The van der Waals surface area contributed by atoms with Crippen LogP contribution in [0.4, 0.5) is 14.6 Å². The predicted molar refractivity (Wildman–Crippen MR) is 64.4 cm³/mol. The van der Waals surface area contributed by atoms with Gasteiger partial charge in [-0.2, -0.15) is 0 Å². The predicted octanol–water partition coefficient (Wildman–Crippen LogP) is -0.911. The van der Waals surface area contributed by atoms with Gasteiger partial charge in [-0.1, -0.05) is 0 Å². The Hall–Kier alpha value is -1.91. The second kappa shape index (κ2) is 3.64. The van der Waals surface area contributed by atoms with Gasteiger partial charge in [0.25, 0.3) is 0 Å². The maximum absolute atomic E-state index is 14.5. The molecule has 8 nitrogen and oxygen atoms in total. The summed E-state index contributed by atoms with van der Waals surface area (Å²) >= 11 is 0. The van der Waals surface area contributed by atoms with E-state index in [1.807, 2.05) is 0 Å².